The van der Waals surface area contributed by atoms with Gasteiger partial charge in [-0.15, -0.1) is 0 Å². The minimum atomic E-state index is -4.21. The number of nitrogens with one attached hydrogen (secondary N) is 1. The summed E-state index contributed by atoms with van der Waals surface area (Å²) in [6.07, 6.45) is 1.04. The maximum absolute atomic E-state index is 13.9. The lowest BCUT2D eigenvalue weighted by Gasteiger charge is -2.33. The van der Waals surface area contributed by atoms with Gasteiger partial charge < -0.3 is 10.2 Å². The standard InChI is InChI=1S/C29H33ClFN3O4S/c1-4-18-32-29(36)27(5-2)33(19-22-8-10-23(30)11-9-22)28(35)20-34(25-14-12-24(31)13-15-25)39(37,38)26-16-6-21(3)7-17-26/h6-17,27H,4-5,18-20H2,1-3H3,(H,32,36)/t27-/m1/s1. The number of benzene rings is 3. The van der Waals surface area contributed by atoms with Gasteiger partial charge in [-0.2, -0.15) is 0 Å². The average molecular weight is 574 g/mol. The molecule has 0 unspecified atom stereocenters. The maximum atomic E-state index is 13.9. The SMILES string of the molecule is CCCNC(=O)[C@@H](CC)N(Cc1ccc(Cl)cc1)C(=O)CN(c1ccc(F)cc1)S(=O)(=O)c1ccc(C)cc1. The molecule has 0 spiro atoms. The van der Waals surface area contributed by atoms with E-state index in [1.165, 1.54) is 29.2 Å². The number of sulfonamides is 1. The van der Waals surface area contributed by atoms with Crippen LogP contribution in [0.2, 0.25) is 5.02 Å². The number of rotatable bonds is 12. The van der Waals surface area contributed by atoms with Gasteiger partial charge in [0.2, 0.25) is 11.8 Å². The topological polar surface area (TPSA) is 86.8 Å². The first-order valence-corrected chi connectivity index (χ1v) is 14.5. The van der Waals surface area contributed by atoms with Gasteiger partial charge in [0.05, 0.1) is 10.6 Å². The molecule has 3 rings (SSSR count). The summed E-state index contributed by atoms with van der Waals surface area (Å²) in [5.41, 5.74) is 1.72. The number of anilines is 1. The Morgan fingerprint density at radius 2 is 1.56 bits per heavy atom. The van der Waals surface area contributed by atoms with Crippen LogP contribution in [0.25, 0.3) is 0 Å². The van der Waals surface area contributed by atoms with Crippen molar-refractivity contribution in [3.63, 3.8) is 0 Å². The van der Waals surface area contributed by atoms with Crippen molar-refractivity contribution in [1.82, 2.24) is 10.2 Å². The Bertz CT molecular complexity index is 1370. The summed E-state index contributed by atoms with van der Waals surface area (Å²) in [6, 6.07) is 17.2. The van der Waals surface area contributed by atoms with Gasteiger partial charge in [0.25, 0.3) is 10.0 Å². The molecule has 208 valence electrons. The molecule has 3 aromatic carbocycles. The summed E-state index contributed by atoms with van der Waals surface area (Å²) in [6.45, 7) is 5.47. The minimum Gasteiger partial charge on any atom is -0.354 e. The Hall–Kier alpha value is -3.43. The molecule has 7 nitrogen and oxygen atoms in total. The number of halogens is 2. The average Bonchev–Trinajstić information content (AvgIpc) is 2.92. The van der Waals surface area contributed by atoms with Crippen LogP contribution in [0.1, 0.15) is 37.8 Å². The maximum Gasteiger partial charge on any atom is 0.264 e. The molecule has 0 saturated carbocycles. The van der Waals surface area contributed by atoms with Crippen LogP contribution in [0.5, 0.6) is 0 Å². The molecule has 0 aromatic heterocycles. The molecule has 0 radical (unpaired) electrons. The second kappa shape index (κ2) is 13.6. The Balaban J connectivity index is 2.03. The van der Waals surface area contributed by atoms with E-state index < -0.39 is 34.3 Å². The molecule has 39 heavy (non-hydrogen) atoms. The fraction of sp³-hybridized carbons (Fsp3) is 0.310. The van der Waals surface area contributed by atoms with Crippen molar-refractivity contribution < 1.29 is 22.4 Å². The number of aryl methyl sites for hydroxylation is 1. The summed E-state index contributed by atoms with van der Waals surface area (Å²) in [4.78, 5) is 28.4. The van der Waals surface area contributed by atoms with Gasteiger partial charge in [-0.3, -0.25) is 13.9 Å². The summed E-state index contributed by atoms with van der Waals surface area (Å²) < 4.78 is 42.2. The molecule has 0 aliphatic rings. The molecule has 0 saturated heterocycles. The monoisotopic (exact) mass is 573 g/mol. The Morgan fingerprint density at radius 1 is 0.949 bits per heavy atom. The Labute approximate surface area is 234 Å². The molecule has 0 bridgehead atoms. The molecule has 1 N–H and O–H groups in total. The van der Waals surface area contributed by atoms with Crippen molar-refractivity contribution in [1.29, 1.82) is 0 Å². The highest BCUT2D eigenvalue weighted by atomic mass is 35.5. The summed E-state index contributed by atoms with van der Waals surface area (Å²) in [5, 5.41) is 3.36. The lowest BCUT2D eigenvalue weighted by Crippen LogP contribution is -2.52. The van der Waals surface area contributed by atoms with Gasteiger partial charge in [0.15, 0.2) is 0 Å². The third-order valence-corrected chi connectivity index (χ3v) is 8.24. The lowest BCUT2D eigenvalue weighted by molar-refractivity contribution is -0.140. The van der Waals surface area contributed by atoms with Gasteiger partial charge in [0, 0.05) is 18.1 Å². The first-order chi connectivity index (χ1) is 18.6. The fourth-order valence-corrected chi connectivity index (χ4v) is 5.59. The molecular formula is C29H33ClFN3O4S. The zero-order chi connectivity index (χ0) is 28.6. The van der Waals surface area contributed by atoms with E-state index in [9.17, 15) is 22.4 Å². The second-order valence-electron chi connectivity index (χ2n) is 9.16. The molecule has 0 aliphatic heterocycles. The van der Waals surface area contributed by atoms with Crippen molar-refractivity contribution in [3.05, 3.63) is 94.8 Å². The zero-order valence-electron chi connectivity index (χ0n) is 22.2. The number of carbonyl (C=O) groups excluding carboxylic acids is 2. The van der Waals surface area contributed by atoms with Gasteiger partial charge >= 0.3 is 0 Å². The van der Waals surface area contributed by atoms with Crippen molar-refractivity contribution in [2.75, 3.05) is 17.4 Å². The predicted molar refractivity (Wildman–Crippen MR) is 151 cm³/mol. The van der Waals surface area contributed by atoms with E-state index in [4.69, 9.17) is 11.6 Å². The van der Waals surface area contributed by atoms with Crippen LogP contribution in [0.3, 0.4) is 0 Å². The molecular weight excluding hydrogens is 541 g/mol. The van der Waals surface area contributed by atoms with E-state index in [1.54, 1.807) is 43.3 Å². The normalized spacial score (nSPS) is 12.0. The number of amides is 2. The number of carbonyl (C=O) groups is 2. The van der Waals surface area contributed by atoms with E-state index in [0.717, 1.165) is 34.0 Å². The van der Waals surface area contributed by atoms with E-state index >= 15 is 0 Å². The third-order valence-electron chi connectivity index (χ3n) is 6.20. The largest absolute Gasteiger partial charge is 0.354 e. The quantitative estimate of drug-likeness (QED) is 0.318. The highest BCUT2D eigenvalue weighted by molar-refractivity contribution is 7.92. The summed E-state index contributed by atoms with van der Waals surface area (Å²) in [5.74, 6) is -1.44. The molecule has 0 heterocycles. The first kappa shape index (κ1) is 30.1. The molecule has 0 fully saturated rings. The van der Waals surface area contributed by atoms with Crippen molar-refractivity contribution in [3.8, 4) is 0 Å². The minimum absolute atomic E-state index is 0.0118. The first-order valence-electron chi connectivity index (χ1n) is 12.7. The van der Waals surface area contributed by atoms with Gasteiger partial charge in [-0.1, -0.05) is 55.3 Å². The highest BCUT2D eigenvalue weighted by Gasteiger charge is 2.33. The van der Waals surface area contributed by atoms with Crippen molar-refractivity contribution in [2.45, 2.75) is 51.1 Å². The van der Waals surface area contributed by atoms with E-state index in [2.05, 4.69) is 5.32 Å². The molecule has 1 atom stereocenters. The number of hydrogen-bond acceptors (Lipinski definition) is 4. The molecule has 0 aliphatic carbocycles. The van der Waals surface area contributed by atoms with E-state index in [0.29, 0.717) is 18.0 Å². The van der Waals surface area contributed by atoms with Crippen LogP contribution in [-0.4, -0.2) is 44.3 Å². The molecule has 10 heteroatoms. The predicted octanol–water partition coefficient (Wildman–Crippen LogP) is 5.32. The van der Waals surface area contributed by atoms with Crippen molar-refractivity contribution >= 4 is 39.1 Å². The highest BCUT2D eigenvalue weighted by Crippen LogP contribution is 2.25. The van der Waals surface area contributed by atoms with Crippen molar-refractivity contribution in [2.24, 2.45) is 0 Å². The van der Waals surface area contributed by atoms with E-state index in [1.807, 2.05) is 13.8 Å². The van der Waals surface area contributed by atoms with Crippen LogP contribution in [0.4, 0.5) is 10.1 Å². The third kappa shape index (κ3) is 7.80. The number of nitrogens with zero attached hydrogens (tertiary/aromatic N) is 2. The van der Waals surface area contributed by atoms with Crippen LogP contribution in [0.15, 0.2) is 77.7 Å². The summed E-state index contributed by atoms with van der Waals surface area (Å²) >= 11 is 6.03. The smallest absolute Gasteiger partial charge is 0.264 e. The molecule has 2 amide bonds. The Morgan fingerprint density at radius 3 is 2.13 bits per heavy atom. The van der Waals surface area contributed by atoms with Crippen LogP contribution in [-0.2, 0) is 26.2 Å². The van der Waals surface area contributed by atoms with Crippen LogP contribution in [0, 0.1) is 12.7 Å². The van der Waals surface area contributed by atoms with Crippen LogP contribution < -0.4 is 9.62 Å². The van der Waals surface area contributed by atoms with Crippen LogP contribution >= 0.6 is 11.6 Å². The summed E-state index contributed by atoms with van der Waals surface area (Å²) in [7, 11) is -4.21. The van der Waals surface area contributed by atoms with E-state index in [-0.39, 0.29) is 23.0 Å². The Kier molecular flexibility index (Phi) is 10.5. The molecule has 3 aromatic rings. The fourth-order valence-electron chi connectivity index (χ4n) is 4.05. The zero-order valence-corrected chi connectivity index (χ0v) is 23.8. The van der Waals surface area contributed by atoms with Gasteiger partial charge in [0.1, 0.15) is 18.4 Å². The lowest BCUT2D eigenvalue weighted by atomic mass is 10.1. The van der Waals surface area contributed by atoms with Gasteiger partial charge in [-0.25, -0.2) is 12.8 Å². The second-order valence-corrected chi connectivity index (χ2v) is 11.5. The van der Waals surface area contributed by atoms with Gasteiger partial charge in [-0.05, 0) is 73.9 Å². The number of hydrogen-bond donors (Lipinski definition) is 1.